The van der Waals surface area contributed by atoms with Gasteiger partial charge in [-0.3, -0.25) is 14.4 Å². The van der Waals surface area contributed by atoms with Crippen molar-refractivity contribution in [1.82, 2.24) is 15.1 Å². The number of nitrogens with one attached hydrogen (secondary N) is 1. The molecule has 0 radical (unpaired) electrons. The molecule has 1 N–H and O–H groups in total. The monoisotopic (exact) mass is 906 g/mol. The number of carbonyl (C=O) groups excluding carboxylic acids is 3. The molecule has 0 spiro atoms. The number of rotatable bonds is 51. The van der Waals surface area contributed by atoms with Crippen molar-refractivity contribution in [3.8, 4) is 0 Å². The first-order valence-corrected chi connectivity index (χ1v) is 28.3. The number of esters is 2. The molecule has 0 aliphatic rings. The Morgan fingerprint density at radius 2 is 0.719 bits per heavy atom. The SMILES string of the molecule is CCCCCCCCC(CCCCCC)C(=O)OCCCCCCCCN(CCCCCCCCOC(=O)C(CCCCCC)CCCCCCCC)CCC(=O)NCCCN(C)C. The summed E-state index contributed by atoms with van der Waals surface area (Å²) in [6.07, 6.45) is 44.1. The summed E-state index contributed by atoms with van der Waals surface area (Å²) in [5, 5.41) is 3.13. The molecule has 0 saturated heterocycles. The van der Waals surface area contributed by atoms with E-state index in [1.807, 2.05) is 0 Å². The minimum Gasteiger partial charge on any atom is -0.465 e. The van der Waals surface area contributed by atoms with Crippen molar-refractivity contribution in [1.29, 1.82) is 0 Å². The largest absolute Gasteiger partial charge is 0.465 e. The summed E-state index contributed by atoms with van der Waals surface area (Å²) < 4.78 is 11.7. The molecule has 0 fully saturated rings. The predicted octanol–water partition coefficient (Wildman–Crippen LogP) is 15.2. The maximum Gasteiger partial charge on any atom is 0.308 e. The van der Waals surface area contributed by atoms with Crippen molar-refractivity contribution in [2.75, 3.05) is 60.0 Å². The van der Waals surface area contributed by atoms with Gasteiger partial charge in [0.15, 0.2) is 0 Å². The highest BCUT2D eigenvalue weighted by molar-refractivity contribution is 5.76. The second-order valence-electron chi connectivity index (χ2n) is 19.9. The molecule has 8 heteroatoms. The summed E-state index contributed by atoms with van der Waals surface area (Å²) in [5.74, 6) is 0.456. The van der Waals surface area contributed by atoms with Crippen LogP contribution in [0.25, 0.3) is 0 Å². The molecule has 0 aliphatic heterocycles. The number of hydrogen-bond donors (Lipinski definition) is 1. The Bertz CT molecular complexity index is 947. The molecule has 0 aromatic rings. The van der Waals surface area contributed by atoms with E-state index in [-0.39, 0.29) is 29.7 Å². The molecule has 2 unspecified atom stereocenters. The fraction of sp³-hybridized carbons (Fsp3) is 0.946. The van der Waals surface area contributed by atoms with E-state index in [2.05, 4.69) is 56.9 Å². The van der Waals surface area contributed by atoms with Gasteiger partial charge < -0.3 is 24.6 Å². The van der Waals surface area contributed by atoms with Crippen molar-refractivity contribution in [3.05, 3.63) is 0 Å². The lowest BCUT2D eigenvalue weighted by molar-refractivity contribution is -0.150. The van der Waals surface area contributed by atoms with Crippen LogP contribution >= 0.6 is 0 Å². The van der Waals surface area contributed by atoms with Gasteiger partial charge in [-0.05, 0) is 91.5 Å². The van der Waals surface area contributed by atoms with Crippen molar-refractivity contribution >= 4 is 17.8 Å². The zero-order valence-corrected chi connectivity index (χ0v) is 43.9. The van der Waals surface area contributed by atoms with E-state index in [4.69, 9.17) is 9.47 Å². The minimum absolute atomic E-state index is 0.0561. The van der Waals surface area contributed by atoms with Crippen LogP contribution in [0.5, 0.6) is 0 Å². The second-order valence-corrected chi connectivity index (χ2v) is 19.9. The molecule has 0 aromatic heterocycles. The van der Waals surface area contributed by atoms with Crippen LogP contribution in [0.1, 0.15) is 272 Å². The number of hydrogen-bond acceptors (Lipinski definition) is 7. The molecule has 380 valence electrons. The lowest BCUT2D eigenvalue weighted by atomic mass is 9.94. The van der Waals surface area contributed by atoms with Gasteiger partial charge in [0.2, 0.25) is 5.91 Å². The van der Waals surface area contributed by atoms with E-state index in [1.54, 1.807) is 0 Å². The summed E-state index contributed by atoms with van der Waals surface area (Å²) in [4.78, 5) is 43.4. The van der Waals surface area contributed by atoms with E-state index < -0.39 is 0 Å². The molecule has 0 bridgehead atoms. The minimum atomic E-state index is 0.0561. The van der Waals surface area contributed by atoms with Gasteiger partial charge in [-0.1, -0.05) is 207 Å². The first-order chi connectivity index (χ1) is 31.3. The van der Waals surface area contributed by atoms with Gasteiger partial charge >= 0.3 is 11.9 Å². The van der Waals surface area contributed by atoms with Crippen molar-refractivity contribution < 1.29 is 23.9 Å². The molecular weight excluding hydrogens is 795 g/mol. The summed E-state index contributed by atoms with van der Waals surface area (Å²) >= 11 is 0. The van der Waals surface area contributed by atoms with Crippen LogP contribution in [0, 0.1) is 11.8 Å². The molecule has 64 heavy (non-hydrogen) atoms. The average Bonchev–Trinajstić information content (AvgIpc) is 3.28. The Morgan fingerprint density at radius 3 is 1.09 bits per heavy atom. The fourth-order valence-corrected chi connectivity index (χ4v) is 8.91. The van der Waals surface area contributed by atoms with E-state index in [0.717, 1.165) is 129 Å². The molecule has 0 heterocycles. The average molecular weight is 907 g/mol. The Morgan fingerprint density at radius 1 is 0.391 bits per heavy atom. The van der Waals surface area contributed by atoms with Crippen LogP contribution in [0.2, 0.25) is 0 Å². The topological polar surface area (TPSA) is 88.2 Å². The Kier molecular flexibility index (Phi) is 48.0. The maximum absolute atomic E-state index is 13.0. The van der Waals surface area contributed by atoms with Crippen molar-refractivity contribution in [3.63, 3.8) is 0 Å². The summed E-state index contributed by atoms with van der Waals surface area (Å²) in [7, 11) is 4.14. The summed E-state index contributed by atoms with van der Waals surface area (Å²) in [5.41, 5.74) is 0. The number of amides is 1. The zero-order chi connectivity index (χ0) is 47.0. The highest BCUT2D eigenvalue weighted by Gasteiger charge is 2.20. The third kappa shape index (κ3) is 42.9. The molecule has 0 saturated carbocycles. The van der Waals surface area contributed by atoms with E-state index in [0.29, 0.717) is 19.6 Å². The second kappa shape index (κ2) is 49.2. The van der Waals surface area contributed by atoms with Crippen molar-refractivity contribution in [2.24, 2.45) is 11.8 Å². The van der Waals surface area contributed by atoms with Gasteiger partial charge in [0.1, 0.15) is 0 Å². The van der Waals surface area contributed by atoms with Gasteiger partial charge in [0, 0.05) is 19.5 Å². The van der Waals surface area contributed by atoms with Gasteiger partial charge in [-0.2, -0.15) is 0 Å². The zero-order valence-electron chi connectivity index (χ0n) is 43.9. The number of ether oxygens (including phenoxy) is 2. The number of carbonyl (C=O) groups is 3. The van der Waals surface area contributed by atoms with E-state index >= 15 is 0 Å². The third-order valence-electron chi connectivity index (χ3n) is 13.3. The van der Waals surface area contributed by atoms with E-state index in [9.17, 15) is 14.4 Å². The smallest absolute Gasteiger partial charge is 0.308 e. The maximum atomic E-state index is 13.0. The standard InChI is InChI=1S/C56H111N3O5/c1-7-11-15-19-25-33-42-52(40-31-17-13-9-3)55(61)63-50-37-29-23-21-27-35-47-59(49-44-54(60)57-45-39-46-58(5)6)48-36-28-22-24-30-38-51-64-56(62)53(41-32-18-14-10-4)43-34-26-20-16-12-8-2/h52-53H,7-51H2,1-6H3,(H,57,60). The lowest BCUT2D eigenvalue weighted by Gasteiger charge is -2.22. The Labute approximate surface area is 399 Å². The van der Waals surface area contributed by atoms with Crippen molar-refractivity contribution in [2.45, 2.75) is 272 Å². The van der Waals surface area contributed by atoms with Crippen LogP contribution < -0.4 is 5.32 Å². The fourth-order valence-electron chi connectivity index (χ4n) is 8.91. The normalized spacial score (nSPS) is 12.6. The van der Waals surface area contributed by atoms with Gasteiger partial charge in [0.05, 0.1) is 25.0 Å². The molecule has 2 atom stereocenters. The molecular formula is C56H111N3O5. The predicted molar refractivity (Wildman–Crippen MR) is 275 cm³/mol. The molecule has 1 amide bonds. The summed E-state index contributed by atoms with van der Waals surface area (Å²) in [6.45, 7) is 14.8. The molecule has 0 aliphatic carbocycles. The highest BCUT2D eigenvalue weighted by atomic mass is 16.5. The van der Waals surface area contributed by atoms with Crippen LogP contribution in [-0.2, 0) is 23.9 Å². The molecule has 0 rings (SSSR count). The molecule has 0 aromatic carbocycles. The van der Waals surface area contributed by atoms with Crippen LogP contribution in [-0.4, -0.2) is 87.7 Å². The van der Waals surface area contributed by atoms with Gasteiger partial charge in [0.25, 0.3) is 0 Å². The quantitative estimate of drug-likeness (QED) is 0.0480. The van der Waals surface area contributed by atoms with E-state index in [1.165, 1.54) is 141 Å². The van der Waals surface area contributed by atoms with Crippen LogP contribution in [0.4, 0.5) is 0 Å². The van der Waals surface area contributed by atoms with Crippen LogP contribution in [0.15, 0.2) is 0 Å². The Balaban J connectivity index is 4.55. The Hall–Kier alpha value is -1.67. The first kappa shape index (κ1) is 62.3. The molecule has 8 nitrogen and oxygen atoms in total. The first-order valence-electron chi connectivity index (χ1n) is 28.3. The lowest BCUT2D eigenvalue weighted by Crippen LogP contribution is -2.33. The van der Waals surface area contributed by atoms with Gasteiger partial charge in [-0.25, -0.2) is 0 Å². The van der Waals surface area contributed by atoms with Gasteiger partial charge in [-0.15, -0.1) is 0 Å². The summed E-state index contributed by atoms with van der Waals surface area (Å²) in [6, 6.07) is 0. The van der Waals surface area contributed by atoms with Crippen LogP contribution in [0.3, 0.4) is 0 Å². The number of unbranched alkanes of at least 4 members (excludes halogenated alkanes) is 26. The highest BCUT2D eigenvalue weighted by Crippen LogP contribution is 2.22. The number of nitrogens with zero attached hydrogens (tertiary/aromatic N) is 2. The third-order valence-corrected chi connectivity index (χ3v) is 13.3.